The van der Waals surface area contributed by atoms with Gasteiger partial charge in [-0.2, -0.15) is 0 Å². The summed E-state index contributed by atoms with van der Waals surface area (Å²) in [7, 11) is 0. The molecule has 2 N–H and O–H groups in total. The lowest BCUT2D eigenvalue weighted by Crippen LogP contribution is -2.32. The van der Waals surface area contributed by atoms with Crippen LogP contribution in [-0.2, 0) is 4.79 Å². The van der Waals surface area contributed by atoms with Crippen molar-refractivity contribution < 1.29 is 4.79 Å². The first-order chi connectivity index (χ1) is 12.9. The van der Waals surface area contributed by atoms with Gasteiger partial charge in [0, 0.05) is 16.0 Å². The summed E-state index contributed by atoms with van der Waals surface area (Å²) < 4.78 is 1.20. The van der Waals surface area contributed by atoms with Crippen molar-refractivity contribution in [2.45, 2.75) is 11.8 Å². The fraction of sp³-hybridized carbons (Fsp3) is 0.105. The van der Waals surface area contributed by atoms with Crippen LogP contribution in [0, 0.1) is 6.92 Å². The number of carbonyl (C=O) groups is 1. The average molecular weight is 402 g/mol. The van der Waals surface area contributed by atoms with Gasteiger partial charge in [-0.25, -0.2) is 9.36 Å². The second kappa shape index (κ2) is 8.28. The number of thioether (sulfide) groups is 1. The number of aryl methyl sites for hydroxylation is 1. The Morgan fingerprint density at radius 3 is 2.59 bits per heavy atom. The third-order valence-corrected chi connectivity index (χ3v) is 4.91. The van der Waals surface area contributed by atoms with E-state index >= 15 is 0 Å². The molecule has 1 heterocycles. The first-order valence-corrected chi connectivity index (χ1v) is 9.40. The summed E-state index contributed by atoms with van der Waals surface area (Å²) in [5.74, 6) is -0.110. The van der Waals surface area contributed by atoms with Gasteiger partial charge in [-0.1, -0.05) is 35.4 Å². The minimum atomic E-state index is -0.661. The largest absolute Gasteiger partial charge is 0.334 e. The molecule has 2 aromatic carbocycles. The minimum absolute atomic E-state index is 0.0838. The molecule has 0 aliphatic rings. The number of H-pyrrole nitrogens is 1. The Hall–Kier alpha value is -2.77. The van der Waals surface area contributed by atoms with E-state index in [4.69, 9.17) is 11.6 Å². The molecule has 0 unspecified atom stereocenters. The first-order valence-electron chi connectivity index (χ1n) is 8.04. The number of anilines is 1. The van der Waals surface area contributed by atoms with Crippen molar-refractivity contribution in [2.75, 3.05) is 11.1 Å². The zero-order valence-corrected chi connectivity index (χ0v) is 15.9. The molecule has 3 rings (SSSR count). The van der Waals surface area contributed by atoms with E-state index < -0.39 is 11.2 Å². The fourth-order valence-corrected chi connectivity index (χ4v) is 3.30. The number of benzene rings is 2. The van der Waals surface area contributed by atoms with Crippen LogP contribution < -0.4 is 16.6 Å². The highest BCUT2D eigenvalue weighted by molar-refractivity contribution is 8.00. The molecule has 1 amide bonds. The molecule has 0 radical (unpaired) electrons. The summed E-state index contributed by atoms with van der Waals surface area (Å²) >= 11 is 7.35. The second-order valence-electron chi connectivity index (χ2n) is 5.79. The number of amides is 1. The lowest BCUT2D eigenvalue weighted by Gasteiger charge is -2.13. The molecule has 0 saturated carbocycles. The van der Waals surface area contributed by atoms with Crippen LogP contribution in [0.15, 0.2) is 69.1 Å². The summed E-state index contributed by atoms with van der Waals surface area (Å²) in [5.41, 5.74) is 0.314. The number of hydrogen-bond donors (Lipinski definition) is 2. The van der Waals surface area contributed by atoms with Gasteiger partial charge in [0.05, 0.1) is 11.4 Å². The third kappa shape index (κ3) is 4.90. The van der Waals surface area contributed by atoms with Crippen molar-refractivity contribution in [3.63, 3.8) is 0 Å². The third-order valence-electron chi connectivity index (χ3n) is 3.67. The number of nitrogens with zero attached hydrogens (tertiary/aromatic N) is 1. The number of nitrogens with one attached hydrogen (secondary N) is 2. The zero-order valence-electron chi connectivity index (χ0n) is 14.4. The molecule has 8 heteroatoms. The number of hydrogen-bond acceptors (Lipinski definition) is 4. The SMILES string of the molecule is Cc1ccc(SCC(=O)Nc2cc(=O)[nH]c(=O)n2-c2cccc(Cl)c2)cc1. The Kier molecular flexibility index (Phi) is 5.83. The van der Waals surface area contributed by atoms with Gasteiger partial charge >= 0.3 is 5.69 Å². The molecular formula is C19H16ClN3O3S. The van der Waals surface area contributed by atoms with Gasteiger partial charge in [0.15, 0.2) is 0 Å². The smallest absolute Gasteiger partial charge is 0.311 e. The fourth-order valence-electron chi connectivity index (χ4n) is 2.42. The molecule has 0 atom stereocenters. The minimum Gasteiger partial charge on any atom is -0.311 e. The van der Waals surface area contributed by atoms with Gasteiger partial charge in [0.1, 0.15) is 5.82 Å². The van der Waals surface area contributed by atoms with Crippen LogP contribution in [0.1, 0.15) is 5.56 Å². The van der Waals surface area contributed by atoms with Gasteiger partial charge < -0.3 is 5.32 Å². The monoisotopic (exact) mass is 401 g/mol. The number of rotatable bonds is 5. The Morgan fingerprint density at radius 2 is 1.89 bits per heavy atom. The summed E-state index contributed by atoms with van der Waals surface area (Å²) in [6.45, 7) is 1.99. The highest BCUT2D eigenvalue weighted by Gasteiger charge is 2.12. The Bertz CT molecular complexity index is 1090. The van der Waals surface area contributed by atoms with Gasteiger partial charge in [0.25, 0.3) is 5.56 Å². The molecule has 6 nitrogen and oxygen atoms in total. The lowest BCUT2D eigenvalue weighted by atomic mass is 10.2. The van der Waals surface area contributed by atoms with Gasteiger partial charge in [-0.3, -0.25) is 14.6 Å². The number of carbonyl (C=O) groups excluding carboxylic acids is 1. The highest BCUT2D eigenvalue weighted by atomic mass is 35.5. The first kappa shape index (κ1) is 19.0. The van der Waals surface area contributed by atoms with Crippen molar-refractivity contribution in [1.29, 1.82) is 0 Å². The maximum Gasteiger partial charge on any atom is 0.334 e. The van der Waals surface area contributed by atoms with Crippen LogP contribution >= 0.6 is 23.4 Å². The van der Waals surface area contributed by atoms with E-state index in [1.165, 1.54) is 16.3 Å². The topological polar surface area (TPSA) is 84.0 Å². The van der Waals surface area contributed by atoms with Gasteiger partial charge in [-0.15, -0.1) is 11.8 Å². The van der Waals surface area contributed by atoms with Crippen molar-refractivity contribution in [3.8, 4) is 5.69 Å². The predicted molar refractivity (Wildman–Crippen MR) is 108 cm³/mol. The van der Waals surface area contributed by atoms with Gasteiger partial charge in [-0.05, 0) is 37.3 Å². The maximum atomic E-state index is 12.3. The van der Waals surface area contributed by atoms with E-state index in [9.17, 15) is 14.4 Å². The summed E-state index contributed by atoms with van der Waals surface area (Å²) in [6, 6.07) is 15.5. The van der Waals surface area contributed by atoms with E-state index in [-0.39, 0.29) is 17.5 Å². The number of aromatic amines is 1. The van der Waals surface area contributed by atoms with E-state index in [1.807, 2.05) is 31.2 Å². The van der Waals surface area contributed by atoms with Crippen molar-refractivity contribution in [2.24, 2.45) is 0 Å². The van der Waals surface area contributed by atoms with Crippen molar-refractivity contribution in [1.82, 2.24) is 9.55 Å². The Morgan fingerprint density at radius 1 is 1.15 bits per heavy atom. The van der Waals surface area contributed by atoms with E-state index in [2.05, 4.69) is 10.3 Å². The molecule has 1 aromatic heterocycles. The van der Waals surface area contributed by atoms with Gasteiger partial charge in [0.2, 0.25) is 5.91 Å². The highest BCUT2D eigenvalue weighted by Crippen LogP contribution is 2.19. The lowest BCUT2D eigenvalue weighted by molar-refractivity contribution is -0.113. The molecule has 27 heavy (non-hydrogen) atoms. The second-order valence-corrected chi connectivity index (χ2v) is 7.27. The average Bonchev–Trinajstić information content (AvgIpc) is 2.61. The summed E-state index contributed by atoms with van der Waals surface area (Å²) in [4.78, 5) is 39.5. The van der Waals surface area contributed by atoms with Crippen LogP contribution in [-0.4, -0.2) is 21.2 Å². The van der Waals surface area contributed by atoms with Crippen LogP contribution in [0.5, 0.6) is 0 Å². The molecular weight excluding hydrogens is 386 g/mol. The zero-order chi connectivity index (χ0) is 19.4. The quantitative estimate of drug-likeness (QED) is 0.643. The summed E-state index contributed by atoms with van der Waals surface area (Å²) in [6.07, 6.45) is 0. The Labute approximate surface area is 164 Å². The van der Waals surface area contributed by atoms with Crippen LogP contribution in [0.4, 0.5) is 5.82 Å². The molecule has 0 spiro atoms. The molecule has 0 bridgehead atoms. The van der Waals surface area contributed by atoms with Crippen LogP contribution in [0.3, 0.4) is 0 Å². The normalized spacial score (nSPS) is 10.6. The molecule has 138 valence electrons. The van der Waals surface area contributed by atoms with Crippen LogP contribution in [0.2, 0.25) is 5.02 Å². The maximum absolute atomic E-state index is 12.3. The molecule has 0 aliphatic carbocycles. The predicted octanol–water partition coefficient (Wildman–Crippen LogP) is 3.22. The molecule has 0 saturated heterocycles. The molecule has 0 fully saturated rings. The number of aromatic nitrogens is 2. The standard InChI is InChI=1S/C19H16ClN3O3S/c1-12-5-7-15(8-6-12)27-11-18(25)21-16-10-17(24)22-19(26)23(16)14-4-2-3-13(20)9-14/h2-10H,11H2,1H3,(H,21,25)(H,22,24,26). The van der Waals surface area contributed by atoms with E-state index in [0.29, 0.717) is 10.7 Å². The Balaban J connectivity index is 1.83. The van der Waals surface area contributed by atoms with Crippen molar-refractivity contribution >= 4 is 35.1 Å². The summed E-state index contributed by atoms with van der Waals surface area (Å²) in [5, 5.41) is 3.06. The number of halogens is 1. The molecule has 3 aromatic rings. The van der Waals surface area contributed by atoms with E-state index in [0.717, 1.165) is 16.5 Å². The molecule has 0 aliphatic heterocycles. The van der Waals surface area contributed by atoms with E-state index in [1.54, 1.807) is 24.3 Å². The van der Waals surface area contributed by atoms with Crippen LogP contribution in [0.25, 0.3) is 5.69 Å². The van der Waals surface area contributed by atoms with Crippen molar-refractivity contribution in [3.05, 3.63) is 86.0 Å².